The van der Waals surface area contributed by atoms with Crippen LogP contribution in [0.5, 0.6) is 0 Å². The Morgan fingerprint density at radius 3 is 3.06 bits per heavy atom. The van der Waals surface area contributed by atoms with Crippen molar-refractivity contribution in [2.24, 2.45) is 16.0 Å². The smallest absolute Gasteiger partial charge is 0.111 e. The summed E-state index contributed by atoms with van der Waals surface area (Å²) in [6, 6.07) is 5.89. The lowest BCUT2D eigenvalue weighted by Crippen LogP contribution is -2.18. The maximum Gasteiger partial charge on any atom is 0.111 e. The largest absolute Gasteiger partial charge is 0.381 e. The molecule has 2 aliphatic rings. The van der Waals surface area contributed by atoms with E-state index in [1.54, 1.807) is 0 Å². The highest BCUT2D eigenvalue weighted by atomic mass is 32.2. The quantitative estimate of drug-likeness (QED) is 0.765. The lowest BCUT2D eigenvalue weighted by molar-refractivity contribution is 0.271. The normalized spacial score (nSPS) is 22.4. The average molecular weight is 233 g/mol. The Balaban J connectivity index is 2.21. The first kappa shape index (κ1) is 9.89. The van der Waals surface area contributed by atoms with Gasteiger partial charge in [0.05, 0.1) is 11.4 Å². The topological polar surface area (TPSA) is 71.0 Å². The van der Waals surface area contributed by atoms with Crippen molar-refractivity contribution < 1.29 is 5.11 Å². The summed E-state index contributed by atoms with van der Waals surface area (Å²) in [4.78, 5) is 1.10. The Labute approximate surface area is 95.4 Å². The molecule has 16 heavy (non-hydrogen) atoms. The standard InChI is InChI=1S/C11H11N3OS/c12-6-10(15)16-5-4-8-11-7(13-14-8)2-1-3-9(11)16/h1-5,10,15H,6,12H2. The van der Waals surface area contributed by atoms with Gasteiger partial charge in [-0.3, -0.25) is 0 Å². The van der Waals surface area contributed by atoms with Crippen LogP contribution in [0.1, 0.15) is 5.56 Å². The average Bonchev–Trinajstić information content (AvgIpc) is 2.74. The van der Waals surface area contributed by atoms with Gasteiger partial charge in [0.2, 0.25) is 0 Å². The van der Waals surface area contributed by atoms with E-state index < -0.39 is 5.44 Å². The number of azo groups is 1. The first-order valence-corrected chi connectivity index (χ1v) is 6.36. The number of aliphatic hydroxyl groups excluding tert-OH is 1. The van der Waals surface area contributed by atoms with Crippen LogP contribution in [0.25, 0.3) is 5.70 Å². The minimum atomic E-state index is -0.523. The molecule has 0 aliphatic carbocycles. The van der Waals surface area contributed by atoms with Crippen LogP contribution in [0.3, 0.4) is 0 Å². The first-order valence-electron chi connectivity index (χ1n) is 5.01. The van der Waals surface area contributed by atoms with Crippen LogP contribution in [0, 0.1) is 0 Å². The van der Waals surface area contributed by atoms with Crippen molar-refractivity contribution in [1.29, 1.82) is 0 Å². The second-order valence-corrected chi connectivity index (χ2v) is 5.60. The lowest BCUT2D eigenvalue weighted by Gasteiger charge is -2.20. The molecule has 3 rings (SSSR count). The summed E-state index contributed by atoms with van der Waals surface area (Å²) in [6.07, 6.45) is 1.92. The predicted molar refractivity (Wildman–Crippen MR) is 65.9 cm³/mol. The van der Waals surface area contributed by atoms with Crippen LogP contribution in [-0.4, -0.2) is 22.5 Å². The molecule has 0 aromatic heterocycles. The molecule has 2 aliphatic heterocycles. The molecule has 0 spiro atoms. The van der Waals surface area contributed by atoms with Gasteiger partial charge in [-0.2, -0.15) is 0 Å². The highest BCUT2D eigenvalue weighted by Gasteiger charge is 2.24. The van der Waals surface area contributed by atoms with Crippen molar-refractivity contribution >= 4 is 27.2 Å². The summed E-state index contributed by atoms with van der Waals surface area (Å²) in [7, 11) is -0.346. The third kappa shape index (κ3) is 1.29. The molecule has 0 saturated heterocycles. The highest BCUT2D eigenvalue weighted by Crippen LogP contribution is 2.46. The number of hydrogen-bond donors (Lipinski definition) is 2. The molecule has 0 radical (unpaired) electrons. The van der Waals surface area contributed by atoms with E-state index in [0.29, 0.717) is 0 Å². The number of benzene rings is 1. The molecule has 4 nitrogen and oxygen atoms in total. The molecular formula is C11H11N3OS. The van der Waals surface area contributed by atoms with Gasteiger partial charge in [0.25, 0.3) is 0 Å². The predicted octanol–water partition coefficient (Wildman–Crippen LogP) is 1.85. The number of aliphatic hydroxyl groups is 1. The zero-order valence-corrected chi connectivity index (χ0v) is 9.31. The molecule has 5 heteroatoms. The highest BCUT2D eigenvalue weighted by molar-refractivity contribution is 8.15. The van der Waals surface area contributed by atoms with Crippen LogP contribution >= 0.6 is 10.5 Å². The molecule has 2 atom stereocenters. The van der Waals surface area contributed by atoms with Crippen molar-refractivity contribution in [1.82, 2.24) is 0 Å². The van der Waals surface area contributed by atoms with Gasteiger partial charge in [-0.05, 0) is 23.6 Å². The molecule has 82 valence electrons. The van der Waals surface area contributed by atoms with Crippen LogP contribution in [0.4, 0.5) is 5.69 Å². The lowest BCUT2D eigenvalue weighted by atomic mass is 10.1. The fourth-order valence-corrected chi connectivity index (χ4v) is 3.67. The number of nitrogens with two attached hydrogens (primary N) is 1. The molecule has 0 saturated carbocycles. The van der Waals surface area contributed by atoms with Gasteiger partial charge >= 0.3 is 0 Å². The van der Waals surface area contributed by atoms with Crippen molar-refractivity contribution in [2.45, 2.75) is 10.3 Å². The third-order valence-corrected chi connectivity index (χ3v) is 4.70. The third-order valence-electron chi connectivity index (χ3n) is 2.65. The number of nitrogens with zero attached hydrogens (tertiary/aromatic N) is 2. The second kappa shape index (κ2) is 3.62. The Bertz CT molecular complexity index is 548. The first-order chi connectivity index (χ1) is 7.81. The van der Waals surface area contributed by atoms with E-state index in [4.69, 9.17) is 5.73 Å². The van der Waals surface area contributed by atoms with Gasteiger partial charge in [-0.25, -0.2) is 0 Å². The summed E-state index contributed by atoms with van der Waals surface area (Å²) in [6.45, 7) is 0.265. The Hall–Kier alpha value is -1.30. The molecular weight excluding hydrogens is 222 g/mol. The Kier molecular flexibility index (Phi) is 2.24. The van der Waals surface area contributed by atoms with Crippen LogP contribution in [0.2, 0.25) is 0 Å². The SMILES string of the molecule is NCC(O)S1=CC=C2N=Nc3cccc1c32. The summed E-state index contributed by atoms with van der Waals surface area (Å²) in [5.41, 5.74) is 7.83. The maximum atomic E-state index is 9.89. The molecule has 0 amide bonds. The molecule has 0 fully saturated rings. The van der Waals surface area contributed by atoms with Gasteiger partial charge in [0.1, 0.15) is 5.44 Å². The molecule has 2 unspecified atom stereocenters. The molecule has 1 aromatic rings. The minimum Gasteiger partial charge on any atom is -0.381 e. The van der Waals surface area contributed by atoms with Gasteiger partial charge in [0, 0.05) is 17.0 Å². The summed E-state index contributed by atoms with van der Waals surface area (Å²) >= 11 is 0. The van der Waals surface area contributed by atoms with Crippen LogP contribution in [-0.2, 0) is 0 Å². The fourth-order valence-electron chi connectivity index (χ4n) is 1.88. The van der Waals surface area contributed by atoms with E-state index in [0.717, 1.165) is 21.8 Å². The van der Waals surface area contributed by atoms with Crippen molar-refractivity contribution in [3.05, 3.63) is 29.8 Å². The van der Waals surface area contributed by atoms with E-state index in [1.807, 2.05) is 29.6 Å². The number of rotatable bonds is 2. The van der Waals surface area contributed by atoms with E-state index in [9.17, 15) is 5.11 Å². The summed E-state index contributed by atoms with van der Waals surface area (Å²) < 4.78 is 0. The van der Waals surface area contributed by atoms with E-state index in [1.165, 1.54) is 0 Å². The second-order valence-electron chi connectivity index (χ2n) is 3.60. The monoisotopic (exact) mass is 233 g/mol. The van der Waals surface area contributed by atoms with Crippen LogP contribution < -0.4 is 5.73 Å². The zero-order valence-electron chi connectivity index (χ0n) is 8.50. The van der Waals surface area contributed by atoms with E-state index in [-0.39, 0.29) is 17.0 Å². The van der Waals surface area contributed by atoms with E-state index >= 15 is 0 Å². The van der Waals surface area contributed by atoms with Crippen LogP contribution in [0.15, 0.2) is 39.4 Å². The fraction of sp³-hybridized carbons (Fsp3) is 0.182. The molecule has 1 aromatic carbocycles. The Morgan fingerprint density at radius 2 is 2.25 bits per heavy atom. The minimum absolute atomic E-state index is 0.265. The Morgan fingerprint density at radius 1 is 1.38 bits per heavy atom. The summed E-state index contributed by atoms with van der Waals surface area (Å²) in [5.74, 6) is 0. The molecule has 2 heterocycles. The van der Waals surface area contributed by atoms with Crippen molar-refractivity contribution in [2.75, 3.05) is 6.54 Å². The van der Waals surface area contributed by atoms with Gasteiger partial charge in [-0.1, -0.05) is 6.07 Å². The van der Waals surface area contributed by atoms with Gasteiger partial charge in [-0.15, -0.1) is 20.7 Å². The molecule has 3 N–H and O–H groups in total. The van der Waals surface area contributed by atoms with Gasteiger partial charge in [0.15, 0.2) is 0 Å². The van der Waals surface area contributed by atoms with E-state index in [2.05, 4.69) is 10.2 Å². The maximum absolute atomic E-state index is 9.89. The summed E-state index contributed by atoms with van der Waals surface area (Å²) in [5, 5.41) is 20.1. The number of allylic oxidation sites excluding steroid dienone is 1. The molecule has 0 bridgehead atoms. The number of hydrogen-bond acceptors (Lipinski definition) is 4. The van der Waals surface area contributed by atoms with Crippen molar-refractivity contribution in [3.8, 4) is 0 Å². The zero-order chi connectivity index (χ0) is 11.1. The van der Waals surface area contributed by atoms with Crippen molar-refractivity contribution in [3.63, 3.8) is 0 Å². The van der Waals surface area contributed by atoms with Gasteiger partial charge < -0.3 is 10.8 Å².